The minimum Gasteiger partial charge on any atom is -0.465 e. The lowest BCUT2D eigenvalue weighted by Gasteiger charge is -2.40. The third-order valence-corrected chi connectivity index (χ3v) is 5.73. The van der Waals surface area contributed by atoms with E-state index in [9.17, 15) is 14.7 Å². The molecule has 0 aromatic heterocycles. The second kappa shape index (κ2) is 8.59. The molecule has 2 bridgehead atoms. The first-order chi connectivity index (χ1) is 14.0. The topological polar surface area (TPSA) is 100 Å². The van der Waals surface area contributed by atoms with Crippen LogP contribution >= 0.6 is 0 Å². The third-order valence-electron chi connectivity index (χ3n) is 5.73. The Kier molecular flexibility index (Phi) is 5.91. The van der Waals surface area contributed by atoms with Gasteiger partial charge in [0.05, 0.1) is 31.5 Å². The summed E-state index contributed by atoms with van der Waals surface area (Å²) in [5.74, 6) is 0.102. The number of anilines is 1. The molecule has 2 fully saturated rings. The monoisotopic (exact) mass is 403 g/mol. The standard InChI is InChI=1S/C21H29N3O5/c1-2-28-20(26)9-22-21(27)24(10-13-3-4-13)11-14-5-6-16-15(7-14)19-8-17(23-16)18(25)12-29-19/h5-7,13,17-19,23,25H,2-4,8-12H2,1H3,(H,22,27)/t17-,18-,19-/m1/s1. The summed E-state index contributed by atoms with van der Waals surface area (Å²) >= 11 is 0. The first kappa shape index (κ1) is 20.0. The quantitative estimate of drug-likeness (QED) is 0.600. The smallest absolute Gasteiger partial charge is 0.325 e. The highest BCUT2D eigenvalue weighted by Gasteiger charge is 2.36. The van der Waals surface area contributed by atoms with Crippen molar-refractivity contribution in [2.45, 2.75) is 51.0 Å². The van der Waals surface area contributed by atoms with Gasteiger partial charge in [0.25, 0.3) is 0 Å². The van der Waals surface area contributed by atoms with Crippen LogP contribution in [0.25, 0.3) is 0 Å². The van der Waals surface area contributed by atoms with Gasteiger partial charge in [0.1, 0.15) is 6.54 Å². The van der Waals surface area contributed by atoms with E-state index in [2.05, 4.69) is 16.7 Å². The Morgan fingerprint density at radius 1 is 1.38 bits per heavy atom. The number of amides is 2. The van der Waals surface area contributed by atoms with E-state index in [0.29, 0.717) is 32.2 Å². The average molecular weight is 403 g/mol. The molecule has 1 aromatic carbocycles. The molecule has 2 amide bonds. The van der Waals surface area contributed by atoms with E-state index in [1.165, 1.54) is 0 Å². The first-order valence-electron chi connectivity index (χ1n) is 10.4. The molecule has 0 unspecified atom stereocenters. The minimum absolute atomic E-state index is 0.0205. The molecule has 3 N–H and O–H groups in total. The van der Waals surface area contributed by atoms with E-state index in [-0.39, 0.29) is 24.7 Å². The number of benzene rings is 1. The fourth-order valence-corrected chi connectivity index (χ4v) is 3.99. The Bertz CT molecular complexity index is 767. The molecular weight excluding hydrogens is 374 g/mol. The molecule has 1 aromatic rings. The van der Waals surface area contributed by atoms with Crippen LogP contribution in [-0.4, -0.2) is 60.5 Å². The maximum Gasteiger partial charge on any atom is 0.325 e. The number of fused-ring (bicyclic) bond motifs is 4. The van der Waals surface area contributed by atoms with Crippen molar-refractivity contribution in [1.29, 1.82) is 0 Å². The molecule has 1 aliphatic carbocycles. The molecule has 4 rings (SSSR count). The van der Waals surface area contributed by atoms with E-state index < -0.39 is 12.1 Å². The third kappa shape index (κ3) is 4.82. The molecule has 158 valence electrons. The van der Waals surface area contributed by atoms with Crippen molar-refractivity contribution in [2.75, 3.05) is 31.6 Å². The lowest BCUT2D eigenvalue weighted by molar-refractivity contribution is -0.141. The Morgan fingerprint density at radius 2 is 2.21 bits per heavy atom. The summed E-state index contributed by atoms with van der Waals surface area (Å²) in [5.41, 5.74) is 3.07. The highest BCUT2D eigenvalue weighted by atomic mass is 16.5. The van der Waals surface area contributed by atoms with Gasteiger partial charge in [-0.1, -0.05) is 6.07 Å². The van der Waals surface area contributed by atoms with Crippen LogP contribution in [0, 0.1) is 5.92 Å². The largest absolute Gasteiger partial charge is 0.465 e. The molecule has 1 saturated carbocycles. The fourth-order valence-electron chi connectivity index (χ4n) is 3.99. The summed E-state index contributed by atoms with van der Waals surface area (Å²) in [5, 5.41) is 16.1. The second-order valence-corrected chi connectivity index (χ2v) is 8.09. The van der Waals surface area contributed by atoms with Crippen LogP contribution in [0.1, 0.15) is 43.4 Å². The predicted molar refractivity (Wildman–Crippen MR) is 106 cm³/mol. The van der Waals surface area contributed by atoms with Gasteiger partial charge >= 0.3 is 12.0 Å². The van der Waals surface area contributed by atoms with Crippen LogP contribution in [-0.2, 0) is 20.8 Å². The number of esters is 1. The lowest BCUT2D eigenvalue weighted by Crippen LogP contribution is -2.46. The summed E-state index contributed by atoms with van der Waals surface area (Å²) in [4.78, 5) is 26.0. The van der Waals surface area contributed by atoms with Crippen molar-refractivity contribution in [1.82, 2.24) is 10.2 Å². The number of hydrogen-bond donors (Lipinski definition) is 3. The van der Waals surface area contributed by atoms with Crippen molar-refractivity contribution in [2.24, 2.45) is 5.92 Å². The molecule has 3 atom stereocenters. The molecule has 0 radical (unpaired) electrons. The molecule has 8 heteroatoms. The predicted octanol–water partition coefficient (Wildman–Crippen LogP) is 1.79. The normalized spacial score (nSPS) is 24.8. The lowest BCUT2D eigenvalue weighted by atomic mass is 9.89. The number of rotatable bonds is 7. The van der Waals surface area contributed by atoms with Crippen LogP contribution < -0.4 is 10.6 Å². The number of aliphatic hydroxyl groups is 1. The summed E-state index contributed by atoms with van der Waals surface area (Å²) in [7, 11) is 0. The number of nitrogens with one attached hydrogen (secondary N) is 2. The van der Waals surface area contributed by atoms with Gasteiger partial charge in [-0.05, 0) is 43.4 Å². The van der Waals surface area contributed by atoms with E-state index >= 15 is 0 Å². The van der Waals surface area contributed by atoms with Crippen LogP contribution in [0.4, 0.5) is 10.5 Å². The fraction of sp³-hybridized carbons (Fsp3) is 0.619. The van der Waals surface area contributed by atoms with Crippen LogP contribution in [0.2, 0.25) is 0 Å². The summed E-state index contributed by atoms with van der Waals surface area (Å²) in [6, 6.07) is 5.85. The average Bonchev–Trinajstić information content (AvgIpc) is 3.53. The number of ether oxygens (including phenoxy) is 2. The van der Waals surface area contributed by atoms with Gasteiger partial charge in [0.15, 0.2) is 0 Å². The van der Waals surface area contributed by atoms with Crippen molar-refractivity contribution in [3.05, 3.63) is 29.3 Å². The molecule has 8 nitrogen and oxygen atoms in total. The Morgan fingerprint density at radius 3 is 2.97 bits per heavy atom. The van der Waals surface area contributed by atoms with Crippen LogP contribution in [0.15, 0.2) is 18.2 Å². The Hall–Kier alpha value is -2.32. The SMILES string of the molecule is CCOC(=O)CNC(=O)N(Cc1ccc2c(c1)[C@H]1C[C@@H](N2)[C@H](O)CO1)CC1CC1. The summed E-state index contributed by atoms with van der Waals surface area (Å²) < 4.78 is 10.7. The van der Waals surface area contributed by atoms with Gasteiger partial charge in [-0.15, -0.1) is 0 Å². The van der Waals surface area contributed by atoms with Crippen LogP contribution in [0.3, 0.4) is 0 Å². The Balaban J connectivity index is 1.44. The first-order valence-corrected chi connectivity index (χ1v) is 10.4. The van der Waals surface area contributed by atoms with Gasteiger partial charge in [0.2, 0.25) is 0 Å². The van der Waals surface area contributed by atoms with Gasteiger partial charge in [-0.25, -0.2) is 4.79 Å². The van der Waals surface area contributed by atoms with Gasteiger partial charge in [-0.3, -0.25) is 4.79 Å². The van der Waals surface area contributed by atoms with E-state index in [1.54, 1.807) is 11.8 Å². The number of nitrogens with zero attached hydrogens (tertiary/aromatic N) is 1. The number of carbonyl (C=O) groups excluding carboxylic acids is 2. The maximum absolute atomic E-state index is 12.7. The second-order valence-electron chi connectivity index (χ2n) is 8.09. The van der Waals surface area contributed by atoms with Crippen molar-refractivity contribution < 1.29 is 24.2 Å². The molecule has 3 aliphatic rings. The van der Waals surface area contributed by atoms with E-state index in [1.807, 2.05) is 12.1 Å². The molecule has 0 spiro atoms. The highest BCUT2D eigenvalue weighted by Crippen LogP contribution is 2.39. The molecule has 2 aliphatic heterocycles. The Labute approximate surface area is 170 Å². The zero-order chi connectivity index (χ0) is 20.4. The zero-order valence-corrected chi connectivity index (χ0v) is 16.7. The van der Waals surface area contributed by atoms with Crippen LogP contribution in [0.5, 0.6) is 0 Å². The van der Waals surface area contributed by atoms with Gasteiger partial charge in [0, 0.05) is 30.8 Å². The number of urea groups is 1. The summed E-state index contributed by atoms with van der Waals surface area (Å²) in [6.45, 7) is 3.39. The number of hydrogen-bond acceptors (Lipinski definition) is 6. The minimum atomic E-state index is -0.490. The zero-order valence-electron chi connectivity index (χ0n) is 16.7. The van der Waals surface area contributed by atoms with Crippen molar-refractivity contribution in [3.8, 4) is 0 Å². The van der Waals surface area contributed by atoms with E-state index in [0.717, 1.165) is 36.1 Å². The molecule has 1 saturated heterocycles. The maximum atomic E-state index is 12.7. The number of carbonyl (C=O) groups is 2. The van der Waals surface area contributed by atoms with Crippen molar-refractivity contribution >= 4 is 17.7 Å². The van der Waals surface area contributed by atoms with E-state index in [4.69, 9.17) is 9.47 Å². The van der Waals surface area contributed by atoms with Gasteiger partial charge < -0.3 is 30.1 Å². The van der Waals surface area contributed by atoms with Crippen molar-refractivity contribution in [3.63, 3.8) is 0 Å². The van der Waals surface area contributed by atoms with Gasteiger partial charge in [-0.2, -0.15) is 0 Å². The molecule has 29 heavy (non-hydrogen) atoms. The molecular formula is C21H29N3O5. The summed E-state index contributed by atoms with van der Waals surface area (Å²) in [6.07, 6.45) is 2.49. The molecule has 2 heterocycles. The number of aliphatic hydroxyl groups excluding tert-OH is 1. The highest BCUT2D eigenvalue weighted by molar-refractivity contribution is 5.80.